The molecule has 1 saturated carbocycles. The van der Waals surface area contributed by atoms with E-state index >= 15 is 0 Å². The Hall–Kier alpha value is -2.76. The normalized spacial score (nSPS) is 29.2. The molecule has 3 aliphatic rings. The Labute approximate surface area is 144 Å². The Kier molecular flexibility index (Phi) is 3.75. The third-order valence-corrected chi connectivity index (χ3v) is 5.31. The van der Waals surface area contributed by atoms with Crippen LogP contribution in [-0.2, 0) is 19.1 Å². The highest BCUT2D eigenvalue weighted by atomic mass is 16.5. The van der Waals surface area contributed by atoms with Crippen LogP contribution in [-0.4, -0.2) is 41.6 Å². The van der Waals surface area contributed by atoms with Crippen LogP contribution >= 0.6 is 0 Å². The number of benzene rings is 1. The van der Waals surface area contributed by atoms with Gasteiger partial charge in [-0.1, -0.05) is 42.5 Å². The summed E-state index contributed by atoms with van der Waals surface area (Å²) in [6.07, 6.45) is 4.84. The maximum atomic E-state index is 12.5. The van der Waals surface area contributed by atoms with Crippen LogP contribution in [0.4, 0.5) is 0 Å². The van der Waals surface area contributed by atoms with Crippen molar-refractivity contribution in [3.8, 4) is 0 Å². The molecule has 0 spiro atoms. The highest BCUT2D eigenvalue weighted by Gasteiger charge is 2.59. The lowest BCUT2D eigenvalue weighted by Crippen LogP contribution is -2.38. The minimum atomic E-state index is -0.744. The number of amides is 2. The van der Waals surface area contributed by atoms with E-state index in [1.807, 2.05) is 12.2 Å². The number of nitrogens with zero attached hydrogens (tertiary/aromatic N) is 1. The zero-order chi connectivity index (χ0) is 17.6. The van der Waals surface area contributed by atoms with Crippen LogP contribution in [0.3, 0.4) is 0 Å². The van der Waals surface area contributed by atoms with Crippen LogP contribution in [0.15, 0.2) is 42.5 Å². The van der Waals surface area contributed by atoms with Gasteiger partial charge in [0.15, 0.2) is 12.4 Å². The van der Waals surface area contributed by atoms with Gasteiger partial charge in [0.05, 0.1) is 11.8 Å². The molecule has 2 fully saturated rings. The van der Waals surface area contributed by atoms with Crippen LogP contribution in [0.5, 0.6) is 0 Å². The molecule has 2 amide bonds. The first-order valence-corrected chi connectivity index (χ1v) is 8.33. The molecule has 0 unspecified atom stereocenters. The van der Waals surface area contributed by atoms with Crippen molar-refractivity contribution in [1.29, 1.82) is 0 Å². The highest BCUT2D eigenvalue weighted by Crippen LogP contribution is 2.52. The molecule has 2 bridgehead atoms. The van der Waals surface area contributed by atoms with E-state index in [1.54, 1.807) is 30.3 Å². The van der Waals surface area contributed by atoms with E-state index in [4.69, 9.17) is 4.74 Å². The topological polar surface area (TPSA) is 80.8 Å². The Bertz CT molecular complexity index is 754. The number of esters is 1. The van der Waals surface area contributed by atoms with Crippen LogP contribution in [0.25, 0.3) is 0 Å². The third-order valence-electron chi connectivity index (χ3n) is 5.31. The zero-order valence-corrected chi connectivity index (χ0v) is 13.5. The number of carbonyl (C=O) groups excluding carboxylic acids is 4. The first-order valence-electron chi connectivity index (χ1n) is 8.33. The van der Waals surface area contributed by atoms with Gasteiger partial charge in [-0.2, -0.15) is 0 Å². The summed E-state index contributed by atoms with van der Waals surface area (Å²) in [6, 6.07) is 8.49. The average Bonchev–Trinajstić information content (AvgIpc) is 3.30. The van der Waals surface area contributed by atoms with Gasteiger partial charge in [0.25, 0.3) is 0 Å². The largest absolute Gasteiger partial charge is 0.456 e. The molecule has 128 valence electrons. The van der Waals surface area contributed by atoms with Gasteiger partial charge in [0.1, 0.15) is 6.54 Å². The summed E-state index contributed by atoms with van der Waals surface area (Å²) >= 11 is 0. The van der Waals surface area contributed by atoms with Crippen LogP contribution in [0, 0.1) is 23.7 Å². The first-order chi connectivity index (χ1) is 12.1. The molecule has 0 aromatic heterocycles. The Morgan fingerprint density at radius 1 is 1.00 bits per heavy atom. The molecule has 6 nitrogen and oxygen atoms in total. The monoisotopic (exact) mass is 339 g/mol. The van der Waals surface area contributed by atoms with Crippen molar-refractivity contribution in [1.82, 2.24) is 4.90 Å². The maximum Gasteiger partial charge on any atom is 0.326 e. The van der Waals surface area contributed by atoms with Gasteiger partial charge in [0.2, 0.25) is 11.8 Å². The molecule has 25 heavy (non-hydrogen) atoms. The molecule has 4 rings (SSSR count). The van der Waals surface area contributed by atoms with E-state index < -0.39 is 19.1 Å². The molecule has 0 N–H and O–H groups in total. The molecule has 6 heteroatoms. The SMILES string of the molecule is O=C(CN1C(=O)[C@@H]2[C@H](C1=O)[C@@H]1C=C[C@H]2C1)OCC(=O)c1ccccc1. The second kappa shape index (κ2) is 5.95. The fourth-order valence-corrected chi connectivity index (χ4v) is 4.15. The summed E-state index contributed by atoms with van der Waals surface area (Å²) in [6.45, 7) is -0.828. The predicted molar refractivity (Wildman–Crippen MR) is 86.2 cm³/mol. The summed E-state index contributed by atoms with van der Waals surface area (Å²) in [5, 5.41) is 0. The van der Waals surface area contributed by atoms with Crippen molar-refractivity contribution < 1.29 is 23.9 Å². The summed E-state index contributed by atoms with van der Waals surface area (Å²) in [7, 11) is 0. The van der Waals surface area contributed by atoms with Crippen molar-refractivity contribution in [2.75, 3.05) is 13.2 Å². The number of hydrogen-bond donors (Lipinski definition) is 0. The van der Waals surface area contributed by atoms with Crippen molar-refractivity contribution in [3.05, 3.63) is 48.0 Å². The van der Waals surface area contributed by atoms with E-state index in [-0.39, 0.29) is 41.3 Å². The quantitative estimate of drug-likeness (QED) is 0.349. The molecule has 1 aromatic rings. The second-order valence-electron chi connectivity index (χ2n) is 6.71. The summed E-state index contributed by atoms with van der Waals surface area (Å²) in [4.78, 5) is 49.9. The lowest BCUT2D eigenvalue weighted by atomic mass is 9.85. The number of rotatable bonds is 5. The zero-order valence-electron chi connectivity index (χ0n) is 13.5. The number of fused-ring (bicyclic) bond motifs is 5. The Balaban J connectivity index is 1.35. The lowest BCUT2D eigenvalue weighted by molar-refractivity contribution is -0.152. The smallest absolute Gasteiger partial charge is 0.326 e. The molecule has 2 aliphatic carbocycles. The molecular weight excluding hydrogens is 322 g/mol. The van der Waals surface area contributed by atoms with E-state index in [0.29, 0.717) is 5.56 Å². The van der Waals surface area contributed by atoms with Gasteiger partial charge in [-0.15, -0.1) is 0 Å². The number of ketones is 1. The minimum Gasteiger partial charge on any atom is -0.456 e. The number of allylic oxidation sites excluding steroid dienone is 2. The number of hydrogen-bond acceptors (Lipinski definition) is 5. The molecule has 0 radical (unpaired) electrons. The fourth-order valence-electron chi connectivity index (χ4n) is 4.15. The van der Waals surface area contributed by atoms with Crippen molar-refractivity contribution >= 4 is 23.6 Å². The predicted octanol–water partition coefficient (Wildman–Crippen LogP) is 1.22. The Morgan fingerprint density at radius 2 is 1.60 bits per heavy atom. The fraction of sp³-hybridized carbons (Fsp3) is 0.368. The van der Waals surface area contributed by atoms with Gasteiger partial charge in [0, 0.05) is 5.56 Å². The molecular formula is C19H17NO5. The number of ether oxygens (including phenoxy) is 1. The molecule has 4 atom stereocenters. The van der Waals surface area contributed by atoms with Crippen LogP contribution < -0.4 is 0 Å². The van der Waals surface area contributed by atoms with E-state index in [2.05, 4.69) is 0 Å². The minimum absolute atomic E-state index is 0.104. The van der Waals surface area contributed by atoms with Crippen molar-refractivity contribution in [2.24, 2.45) is 23.7 Å². The van der Waals surface area contributed by atoms with E-state index in [1.165, 1.54) is 0 Å². The van der Waals surface area contributed by atoms with Gasteiger partial charge in [-0.3, -0.25) is 24.1 Å². The number of likely N-dealkylation sites (tertiary alicyclic amines) is 1. The number of carbonyl (C=O) groups is 4. The maximum absolute atomic E-state index is 12.5. The molecule has 1 heterocycles. The first kappa shape index (κ1) is 15.7. The van der Waals surface area contributed by atoms with Gasteiger partial charge in [-0.25, -0.2) is 0 Å². The van der Waals surface area contributed by atoms with Crippen LogP contribution in [0.2, 0.25) is 0 Å². The average molecular weight is 339 g/mol. The third kappa shape index (κ3) is 2.58. The van der Waals surface area contributed by atoms with Gasteiger partial charge in [-0.05, 0) is 18.3 Å². The molecule has 1 aromatic carbocycles. The Morgan fingerprint density at radius 3 is 2.20 bits per heavy atom. The van der Waals surface area contributed by atoms with Crippen molar-refractivity contribution in [2.45, 2.75) is 6.42 Å². The van der Waals surface area contributed by atoms with Gasteiger partial charge < -0.3 is 4.74 Å². The number of imide groups is 1. The molecule has 1 aliphatic heterocycles. The van der Waals surface area contributed by atoms with Crippen molar-refractivity contribution in [3.63, 3.8) is 0 Å². The second-order valence-corrected chi connectivity index (χ2v) is 6.71. The lowest BCUT2D eigenvalue weighted by Gasteiger charge is -2.16. The van der Waals surface area contributed by atoms with Gasteiger partial charge >= 0.3 is 5.97 Å². The highest BCUT2D eigenvalue weighted by molar-refractivity contribution is 6.08. The summed E-state index contributed by atoms with van der Waals surface area (Å²) < 4.78 is 4.96. The molecule has 1 saturated heterocycles. The van der Waals surface area contributed by atoms with Crippen LogP contribution in [0.1, 0.15) is 16.8 Å². The number of Topliss-reactive ketones (excluding diaryl/α,β-unsaturated/α-hetero) is 1. The summed E-state index contributed by atoms with van der Waals surface area (Å²) in [5.74, 6) is -2.11. The van der Waals surface area contributed by atoms with E-state index in [9.17, 15) is 19.2 Å². The standard InChI is InChI=1S/C19H17NO5/c21-14(11-4-2-1-3-5-11)10-25-15(22)9-20-18(23)16-12-6-7-13(8-12)17(16)19(20)24/h1-7,12-13,16-17H,8-10H2/t12-,13+,16-,17+. The summed E-state index contributed by atoms with van der Waals surface area (Å²) in [5.41, 5.74) is 0.445. The van der Waals surface area contributed by atoms with E-state index in [0.717, 1.165) is 11.3 Å².